The van der Waals surface area contributed by atoms with E-state index in [1.165, 1.54) is 10.4 Å². The summed E-state index contributed by atoms with van der Waals surface area (Å²) in [7, 11) is 0. The zero-order valence-corrected chi connectivity index (χ0v) is 17.8. The van der Waals surface area contributed by atoms with Crippen LogP contribution >= 0.6 is 34.7 Å². The lowest BCUT2D eigenvalue weighted by Crippen LogP contribution is -2.31. The van der Waals surface area contributed by atoms with Crippen molar-refractivity contribution in [3.8, 4) is 0 Å². The van der Waals surface area contributed by atoms with Gasteiger partial charge in [0, 0.05) is 22.1 Å². The number of hydrogen-bond acceptors (Lipinski definition) is 7. The molecule has 0 saturated heterocycles. The fourth-order valence-corrected chi connectivity index (χ4v) is 5.82. The lowest BCUT2D eigenvalue weighted by atomic mass is 9.94. The van der Waals surface area contributed by atoms with Crippen molar-refractivity contribution in [1.82, 2.24) is 19.6 Å². The molecule has 0 fully saturated rings. The van der Waals surface area contributed by atoms with Crippen LogP contribution in [0.2, 0.25) is 5.02 Å². The Bertz CT molecular complexity index is 1220. The van der Waals surface area contributed by atoms with E-state index in [2.05, 4.69) is 29.0 Å². The number of thioether (sulfide) groups is 1. The van der Waals surface area contributed by atoms with Gasteiger partial charge in [0.05, 0.1) is 17.6 Å². The molecule has 1 aromatic carbocycles. The van der Waals surface area contributed by atoms with Crippen molar-refractivity contribution in [3.05, 3.63) is 45.3 Å². The third kappa shape index (κ3) is 2.95. The minimum absolute atomic E-state index is 0.207. The molecule has 28 heavy (non-hydrogen) atoms. The van der Waals surface area contributed by atoms with E-state index in [9.17, 15) is 0 Å². The zero-order chi connectivity index (χ0) is 19.5. The van der Waals surface area contributed by atoms with Crippen molar-refractivity contribution in [1.29, 1.82) is 0 Å². The van der Waals surface area contributed by atoms with Crippen molar-refractivity contribution in [2.24, 2.45) is 0 Å². The monoisotopic (exact) mass is 431 g/mol. The molecule has 0 radical (unpaired) electrons. The Morgan fingerprint density at radius 1 is 1.32 bits per heavy atom. The Morgan fingerprint density at radius 3 is 2.96 bits per heavy atom. The molecule has 1 aliphatic rings. The second-order valence-corrected chi connectivity index (χ2v) is 9.83. The maximum Gasteiger partial charge on any atom is 0.209 e. The van der Waals surface area contributed by atoms with Gasteiger partial charge in [0.25, 0.3) is 0 Å². The molecule has 0 unspecified atom stereocenters. The fraction of sp³-hybridized carbons (Fsp3) is 0.316. The Labute approximate surface area is 175 Å². The number of anilines is 1. The number of benzene rings is 1. The number of nitrogens with two attached hydrogens (primary N) is 1. The molecule has 3 aromatic heterocycles. The highest BCUT2D eigenvalue weighted by Crippen LogP contribution is 2.41. The number of ether oxygens (including phenoxy) is 1. The van der Waals surface area contributed by atoms with Crippen LogP contribution in [0.5, 0.6) is 0 Å². The van der Waals surface area contributed by atoms with Crippen LogP contribution in [0.25, 0.3) is 15.9 Å². The van der Waals surface area contributed by atoms with Crippen LogP contribution in [0.1, 0.15) is 29.9 Å². The average molecular weight is 432 g/mol. The van der Waals surface area contributed by atoms with Gasteiger partial charge in [-0.1, -0.05) is 41.6 Å². The number of halogens is 1. The van der Waals surface area contributed by atoms with Crippen molar-refractivity contribution < 1.29 is 4.74 Å². The minimum Gasteiger partial charge on any atom is -0.370 e. The Kier molecular flexibility index (Phi) is 4.28. The van der Waals surface area contributed by atoms with Crippen molar-refractivity contribution in [2.45, 2.75) is 43.4 Å². The first-order valence-corrected chi connectivity index (χ1v) is 11.1. The van der Waals surface area contributed by atoms with Gasteiger partial charge >= 0.3 is 0 Å². The van der Waals surface area contributed by atoms with Gasteiger partial charge in [0.2, 0.25) is 5.95 Å². The van der Waals surface area contributed by atoms with Gasteiger partial charge in [-0.3, -0.25) is 0 Å². The first kappa shape index (κ1) is 18.2. The van der Waals surface area contributed by atoms with Crippen molar-refractivity contribution in [2.75, 3.05) is 5.73 Å². The fourth-order valence-electron chi connectivity index (χ4n) is 3.49. The molecule has 0 amide bonds. The Hall–Kier alpha value is -1.87. The number of rotatable bonds is 3. The molecule has 6 nitrogen and oxygen atoms in total. The molecule has 0 bridgehead atoms. The van der Waals surface area contributed by atoms with Crippen LogP contribution < -0.4 is 5.73 Å². The van der Waals surface area contributed by atoms with Crippen LogP contribution in [0, 0.1) is 0 Å². The number of thiophene rings is 1. The number of fused-ring (bicyclic) bond motifs is 5. The van der Waals surface area contributed by atoms with E-state index in [1.54, 1.807) is 23.1 Å². The maximum atomic E-state index is 6.29. The summed E-state index contributed by atoms with van der Waals surface area (Å²) in [6.07, 6.45) is 0.818. The number of aromatic nitrogens is 4. The molecule has 1 aliphatic heterocycles. The highest BCUT2D eigenvalue weighted by Gasteiger charge is 2.31. The largest absolute Gasteiger partial charge is 0.370 e. The van der Waals surface area contributed by atoms with Crippen molar-refractivity contribution >= 4 is 56.5 Å². The summed E-state index contributed by atoms with van der Waals surface area (Å²) in [6, 6.07) is 7.80. The van der Waals surface area contributed by atoms with E-state index in [-0.39, 0.29) is 5.60 Å². The van der Waals surface area contributed by atoms with E-state index < -0.39 is 0 Å². The summed E-state index contributed by atoms with van der Waals surface area (Å²) >= 11 is 9.46. The van der Waals surface area contributed by atoms with Gasteiger partial charge in [-0.2, -0.15) is 0 Å². The first-order valence-electron chi connectivity index (χ1n) is 8.88. The first-order chi connectivity index (χ1) is 13.4. The molecule has 144 valence electrons. The highest BCUT2D eigenvalue weighted by molar-refractivity contribution is 7.98. The van der Waals surface area contributed by atoms with E-state index in [1.807, 2.05) is 28.7 Å². The zero-order valence-electron chi connectivity index (χ0n) is 15.4. The molecule has 4 heterocycles. The molecule has 0 saturated carbocycles. The second-order valence-electron chi connectivity index (χ2n) is 7.40. The predicted octanol–water partition coefficient (Wildman–Crippen LogP) is 4.72. The minimum atomic E-state index is -0.207. The maximum absolute atomic E-state index is 6.29. The molecule has 0 aliphatic carbocycles. The highest BCUT2D eigenvalue weighted by atomic mass is 35.5. The Morgan fingerprint density at radius 2 is 2.14 bits per heavy atom. The summed E-state index contributed by atoms with van der Waals surface area (Å²) in [6.45, 7) is 4.81. The van der Waals surface area contributed by atoms with Gasteiger partial charge in [-0.25, -0.2) is 9.38 Å². The number of hydrogen-bond donors (Lipinski definition) is 1. The molecule has 9 heteroatoms. The summed E-state index contributed by atoms with van der Waals surface area (Å²) < 4.78 is 7.81. The van der Waals surface area contributed by atoms with Gasteiger partial charge in [0.1, 0.15) is 4.83 Å². The lowest BCUT2D eigenvalue weighted by Gasteiger charge is -2.30. The summed E-state index contributed by atoms with van der Waals surface area (Å²) in [4.78, 5) is 6.74. The smallest absolute Gasteiger partial charge is 0.209 e. The molecular weight excluding hydrogens is 414 g/mol. The summed E-state index contributed by atoms with van der Waals surface area (Å²) in [5, 5.41) is 11.4. The molecule has 2 N–H and O–H groups in total. The van der Waals surface area contributed by atoms with E-state index >= 15 is 0 Å². The van der Waals surface area contributed by atoms with Gasteiger partial charge in [-0.05, 0) is 31.0 Å². The second kappa shape index (κ2) is 6.59. The van der Waals surface area contributed by atoms with Crippen LogP contribution in [0.4, 0.5) is 5.95 Å². The van der Waals surface area contributed by atoms with Crippen LogP contribution in [0.3, 0.4) is 0 Å². The lowest BCUT2D eigenvalue weighted by molar-refractivity contribution is -0.0379. The third-order valence-corrected chi connectivity index (χ3v) is 7.33. The summed E-state index contributed by atoms with van der Waals surface area (Å²) in [5.41, 5.74) is 9.14. The molecule has 0 spiro atoms. The van der Waals surface area contributed by atoms with Gasteiger partial charge in [0.15, 0.2) is 10.8 Å². The van der Waals surface area contributed by atoms with Gasteiger partial charge < -0.3 is 10.5 Å². The van der Waals surface area contributed by atoms with Crippen LogP contribution in [-0.2, 0) is 23.5 Å². The topological polar surface area (TPSA) is 78.3 Å². The Balaban J connectivity index is 1.61. The average Bonchev–Trinajstić information content (AvgIpc) is 3.21. The predicted molar refractivity (Wildman–Crippen MR) is 114 cm³/mol. The van der Waals surface area contributed by atoms with E-state index in [0.29, 0.717) is 23.5 Å². The number of nitrogens with zero attached hydrogens (tertiary/aromatic N) is 4. The molecular formula is C19H18ClN5OS2. The van der Waals surface area contributed by atoms with Crippen LogP contribution in [-0.4, -0.2) is 25.2 Å². The van der Waals surface area contributed by atoms with Crippen LogP contribution in [0.15, 0.2) is 29.4 Å². The SMILES string of the molecule is CC1(C)Cc2c(sc3nc(N)n4c(SCc5ccccc5Cl)nnc4c23)CO1. The molecule has 4 aromatic rings. The molecule has 0 atom stereocenters. The normalized spacial score (nSPS) is 16.0. The third-order valence-electron chi connectivity index (χ3n) is 4.89. The van der Waals surface area contributed by atoms with E-state index in [4.69, 9.17) is 22.1 Å². The summed E-state index contributed by atoms with van der Waals surface area (Å²) in [5.74, 6) is 1.08. The van der Waals surface area contributed by atoms with Crippen molar-refractivity contribution in [3.63, 3.8) is 0 Å². The van der Waals surface area contributed by atoms with Gasteiger partial charge in [-0.15, -0.1) is 21.5 Å². The van der Waals surface area contributed by atoms with E-state index in [0.717, 1.165) is 32.9 Å². The molecule has 5 rings (SSSR count). The standard InChI is InChI=1S/C19H18ClN5OS2/c1-19(2)7-11-13(8-26-19)28-16-14(11)15-23-24-18(25(15)17(21)22-16)27-9-10-5-3-4-6-12(10)20/h3-6H,7-9H2,1-2H3,(H2,21,22). The quantitative estimate of drug-likeness (QED) is 0.473. The number of nitrogen functional groups attached to an aromatic ring is 1.